The van der Waals surface area contributed by atoms with Gasteiger partial charge in [-0.2, -0.15) is 0 Å². The highest BCUT2D eigenvalue weighted by atomic mass is 16.3. The highest BCUT2D eigenvalue weighted by molar-refractivity contribution is 6.22. The predicted octanol–water partition coefficient (Wildman–Crippen LogP) is 12.7. The van der Waals surface area contributed by atoms with Crippen LogP contribution < -0.4 is 0 Å². The van der Waals surface area contributed by atoms with Crippen molar-refractivity contribution in [2.75, 3.05) is 0 Å². The molecule has 1 nitrogen and oxygen atoms in total. The van der Waals surface area contributed by atoms with Crippen LogP contribution in [0.4, 0.5) is 0 Å². The Morgan fingerprint density at radius 1 is 0.467 bits per heavy atom. The second kappa shape index (κ2) is 11.0. The molecule has 0 unspecified atom stereocenters. The van der Waals surface area contributed by atoms with Crippen molar-refractivity contribution in [1.29, 1.82) is 0 Å². The lowest BCUT2D eigenvalue weighted by Gasteiger charge is -2.22. The summed E-state index contributed by atoms with van der Waals surface area (Å²) in [4.78, 5) is 0. The number of furan rings is 1. The van der Waals surface area contributed by atoms with E-state index in [9.17, 15) is 0 Å². The van der Waals surface area contributed by atoms with Crippen LogP contribution in [0.2, 0.25) is 0 Å². The average molecular weight is 580 g/mol. The number of hydrogen-bond donors (Lipinski definition) is 0. The van der Waals surface area contributed by atoms with E-state index >= 15 is 0 Å². The van der Waals surface area contributed by atoms with E-state index in [0.29, 0.717) is 5.56 Å². The predicted molar refractivity (Wildman–Crippen MR) is 193 cm³/mol. The van der Waals surface area contributed by atoms with Crippen molar-refractivity contribution in [3.63, 3.8) is 0 Å². The van der Waals surface area contributed by atoms with Gasteiger partial charge < -0.3 is 4.42 Å². The molecular formula is C44H30O. The van der Waals surface area contributed by atoms with Gasteiger partial charge in [0.1, 0.15) is 11.2 Å². The molecule has 8 aromatic rings. The Balaban J connectivity index is 1.45. The summed E-state index contributed by atoms with van der Waals surface area (Å²) in [6.07, 6.45) is 3.78. The maximum atomic E-state index is 8.49. The Morgan fingerprint density at radius 3 is 1.78 bits per heavy atom. The SMILES string of the molecule is [2H]c1c([2H])c([2H])c(-c2ccc(-c3c(C=C)c(C=C)c(-c4c(-c5ccccc5)ccc5oc6ccccc6c45)c4ccccc34)cc2)c([2H])c1[2H]. The maximum Gasteiger partial charge on any atom is 0.136 e. The molecule has 1 heteroatoms. The molecule has 0 aliphatic heterocycles. The van der Waals surface area contributed by atoms with Gasteiger partial charge in [0.2, 0.25) is 0 Å². The number of fused-ring (bicyclic) bond motifs is 4. The monoisotopic (exact) mass is 579 g/mol. The maximum absolute atomic E-state index is 8.49. The van der Waals surface area contributed by atoms with Gasteiger partial charge in [0.05, 0.1) is 6.85 Å². The molecule has 0 atom stereocenters. The van der Waals surface area contributed by atoms with Crippen LogP contribution in [0.5, 0.6) is 0 Å². The van der Waals surface area contributed by atoms with E-state index in [2.05, 4.69) is 67.8 Å². The second-order valence-electron chi connectivity index (χ2n) is 10.9. The van der Waals surface area contributed by atoms with Crippen LogP contribution in [0.25, 0.3) is 89.4 Å². The summed E-state index contributed by atoms with van der Waals surface area (Å²) >= 11 is 0. The van der Waals surface area contributed by atoms with Crippen LogP contribution in [0.15, 0.2) is 163 Å². The van der Waals surface area contributed by atoms with Gasteiger partial charge in [-0.05, 0) is 73.0 Å². The number of hydrogen-bond acceptors (Lipinski definition) is 1. The van der Waals surface area contributed by atoms with Gasteiger partial charge in [-0.25, -0.2) is 0 Å². The fourth-order valence-electron chi connectivity index (χ4n) is 6.62. The Bertz CT molecular complexity index is 2640. The Morgan fingerprint density at radius 2 is 1.07 bits per heavy atom. The zero-order valence-electron chi connectivity index (χ0n) is 29.4. The van der Waals surface area contributed by atoms with Gasteiger partial charge in [0, 0.05) is 16.3 Å². The van der Waals surface area contributed by atoms with Gasteiger partial charge in [0.25, 0.3) is 0 Å². The lowest BCUT2D eigenvalue weighted by Crippen LogP contribution is -1.98. The molecular weight excluding hydrogens is 544 g/mol. The van der Waals surface area contributed by atoms with E-state index in [0.717, 1.165) is 77.2 Å². The smallest absolute Gasteiger partial charge is 0.136 e. The number of benzene rings is 7. The van der Waals surface area contributed by atoms with Crippen molar-refractivity contribution in [2.24, 2.45) is 0 Å². The van der Waals surface area contributed by atoms with Crippen LogP contribution >= 0.6 is 0 Å². The fraction of sp³-hybridized carbons (Fsp3) is 0. The lowest BCUT2D eigenvalue weighted by atomic mass is 9.80. The molecule has 0 spiro atoms. The van der Waals surface area contributed by atoms with Gasteiger partial charge in [-0.15, -0.1) is 0 Å². The van der Waals surface area contributed by atoms with E-state index in [-0.39, 0.29) is 29.7 Å². The third-order valence-corrected chi connectivity index (χ3v) is 8.54. The van der Waals surface area contributed by atoms with Crippen molar-refractivity contribution >= 4 is 44.9 Å². The summed E-state index contributed by atoms with van der Waals surface area (Å²) in [5.41, 5.74) is 10.3. The van der Waals surface area contributed by atoms with Gasteiger partial charge >= 0.3 is 0 Å². The summed E-state index contributed by atoms with van der Waals surface area (Å²) < 4.78 is 47.7. The standard InChI is InChI=1S/C44H30O/c1-3-33-34(4-2)42(37-20-12-11-19-36(37)41(33)32-25-23-30(24-26-32)29-15-7-5-8-16-29)44-35(31-17-9-6-10-18-31)27-28-40-43(44)38-21-13-14-22-39(38)45-40/h3-28H,1-2H2/i5D,7D,8D,15D,16D. The van der Waals surface area contributed by atoms with Crippen LogP contribution in [-0.2, 0) is 0 Å². The molecule has 1 heterocycles. The summed E-state index contributed by atoms with van der Waals surface area (Å²) in [6.45, 7) is 8.62. The quantitative estimate of drug-likeness (QED) is 0.191. The van der Waals surface area contributed by atoms with Crippen LogP contribution in [-0.4, -0.2) is 0 Å². The molecule has 0 saturated heterocycles. The van der Waals surface area contributed by atoms with Gasteiger partial charge in [0.15, 0.2) is 0 Å². The minimum atomic E-state index is -0.408. The summed E-state index contributed by atoms with van der Waals surface area (Å²) in [7, 11) is 0. The number of para-hydroxylation sites is 1. The van der Waals surface area contributed by atoms with E-state index in [1.54, 1.807) is 0 Å². The highest BCUT2D eigenvalue weighted by Crippen LogP contribution is 2.49. The fourth-order valence-corrected chi connectivity index (χ4v) is 6.62. The van der Waals surface area contributed by atoms with Gasteiger partial charge in [-0.1, -0.05) is 159 Å². The van der Waals surface area contributed by atoms with Crippen molar-refractivity contribution in [2.45, 2.75) is 0 Å². The first-order chi connectivity index (χ1) is 24.3. The molecule has 1 aromatic heterocycles. The van der Waals surface area contributed by atoms with Crippen molar-refractivity contribution in [3.8, 4) is 44.5 Å². The van der Waals surface area contributed by atoms with Gasteiger partial charge in [-0.3, -0.25) is 0 Å². The molecule has 0 fully saturated rings. The minimum absolute atomic E-state index is 0.173. The number of rotatable bonds is 6. The average Bonchev–Trinajstić information content (AvgIpc) is 3.54. The molecule has 8 rings (SSSR count). The topological polar surface area (TPSA) is 13.1 Å². The first-order valence-electron chi connectivity index (χ1n) is 17.3. The third-order valence-electron chi connectivity index (χ3n) is 8.54. The largest absolute Gasteiger partial charge is 0.456 e. The molecule has 0 aliphatic carbocycles. The zero-order valence-corrected chi connectivity index (χ0v) is 24.4. The summed E-state index contributed by atoms with van der Waals surface area (Å²) in [5.74, 6) is 0. The second-order valence-corrected chi connectivity index (χ2v) is 10.9. The van der Waals surface area contributed by atoms with Crippen LogP contribution in [0, 0.1) is 0 Å². The molecule has 0 radical (unpaired) electrons. The van der Waals surface area contributed by atoms with E-state index < -0.39 is 6.04 Å². The van der Waals surface area contributed by atoms with Crippen molar-refractivity contribution < 1.29 is 11.3 Å². The van der Waals surface area contributed by atoms with Crippen LogP contribution in [0.1, 0.15) is 18.0 Å². The Kier molecular flexibility index (Phi) is 5.30. The third kappa shape index (κ3) is 4.32. The molecule has 0 aliphatic rings. The van der Waals surface area contributed by atoms with Crippen molar-refractivity contribution in [3.05, 3.63) is 170 Å². The molecule has 7 aromatic carbocycles. The molecule has 0 N–H and O–H groups in total. The van der Waals surface area contributed by atoms with E-state index in [1.165, 1.54) is 0 Å². The summed E-state index contributed by atoms with van der Waals surface area (Å²) in [5, 5.41) is 4.11. The molecule has 0 amide bonds. The van der Waals surface area contributed by atoms with Crippen molar-refractivity contribution in [1.82, 2.24) is 0 Å². The lowest BCUT2D eigenvalue weighted by molar-refractivity contribution is 0.669. The van der Waals surface area contributed by atoms with E-state index in [4.69, 9.17) is 11.3 Å². The molecule has 45 heavy (non-hydrogen) atoms. The minimum Gasteiger partial charge on any atom is -0.456 e. The molecule has 0 bridgehead atoms. The first kappa shape index (κ1) is 21.7. The first-order valence-corrected chi connectivity index (χ1v) is 14.8. The van der Waals surface area contributed by atoms with Crippen LogP contribution in [0.3, 0.4) is 0 Å². The zero-order chi connectivity index (χ0) is 34.7. The molecule has 212 valence electrons. The molecule has 0 saturated carbocycles. The van der Waals surface area contributed by atoms with E-state index in [1.807, 2.05) is 72.8 Å². The Hall–Kier alpha value is -5.92. The summed E-state index contributed by atoms with van der Waals surface area (Å²) in [6, 6.07) is 37.0. The highest BCUT2D eigenvalue weighted by Gasteiger charge is 2.24. The normalized spacial score (nSPS) is 12.8. The Labute approximate surface area is 270 Å².